The number of nitrogens with two attached hydrogens (primary N) is 2. The molecule has 0 fully saturated rings. The second-order valence-corrected chi connectivity index (χ2v) is 6.30. The van der Waals surface area contributed by atoms with Crippen molar-refractivity contribution in [3.8, 4) is 22.8 Å². The Morgan fingerprint density at radius 2 is 1.52 bits per heavy atom. The number of benzene rings is 1. The maximum Gasteiger partial charge on any atom is 0.332 e. The van der Waals surface area contributed by atoms with E-state index < -0.39 is 11.9 Å². The molecule has 0 radical (unpaired) electrons. The van der Waals surface area contributed by atoms with Gasteiger partial charge in [-0.2, -0.15) is 0 Å². The van der Waals surface area contributed by atoms with E-state index in [1.54, 1.807) is 42.5 Å². The minimum atomic E-state index is -0.570. The number of carbonyl (C=O) groups is 2. The van der Waals surface area contributed by atoms with Crippen LogP contribution in [-0.4, -0.2) is 28.6 Å². The zero-order chi connectivity index (χ0) is 22.4. The molecule has 0 saturated heterocycles. The van der Waals surface area contributed by atoms with Gasteiger partial charge in [-0.3, -0.25) is 4.98 Å². The summed E-state index contributed by atoms with van der Waals surface area (Å²) in [6, 6.07) is 14.1. The highest BCUT2D eigenvalue weighted by atomic mass is 16.7. The molecule has 4 N–H and O–H groups in total. The minimum Gasteiger partial charge on any atom is -0.454 e. The summed E-state index contributed by atoms with van der Waals surface area (Å²) in [7, 11) is 0. The van der Waals surface area contributed by atoms with Gasteiger partial charge in [0.05, 0.1) is 0 Å². The lowest BCUT2D eigenvalue weighted by molar-refractivity contribution is -0.141. The van der Waals surface area contributed by atoms with E-state index in [0.717, 1.165) is 5.56 Å². The molecule has 0 amide bonds. The average Bonchev–Trinajstić information content (AvgIpc) is 3.26. The van der Waals surface area contributed by atoms with E-state index in [2.05, 4.69) is 25.0 Å². The largest absolute Gasteiger partial charge is 0.454 e. The lowest BCUT2D eigenvalue weighted by Crippen LogP contribution is -2.14. The van der Waals surface area contributed by atoms with Crippen molar-refractivity contribution in [2.45, 2.75) is 13.8 Å². The van der Waals surface area contributed by atoms with Crippen LogP contribution in [-0.2, 0) is 19.3 Å². The molecule has 0 unspecified atom stereocenters. The predicted molar refractivity (Wildman–Crippen MR) is 112 cm³/mol. The number of hydrogen-bond acceptors (Lipinski definition) is 8. The molecule has 0 saturated carbocycles. The van der Waals surface area contributed by atoms with Crippen molar-refractivity contribution in [1.29, 1.82) is 0 Å². The molecule has 2 aromatic heterocycles. The lowest BCUT2D eigenvalue weighted by Gasteiger charge is -2.03. The SMILES string of the molecule is CC(=O)O/N=C(/N)c1ccc(-c2ccc(-c3cccc(/C(N)=N\OC(C)=O)c3)o2)nc1. The van der Waals surface area contributed by atoms with Crippen molar-refractivity contribution in [3.63, 3.8) is 0 Å². The summed E-state index contributed by atoms with van der Waals surface area (Å²) in [6.45, 7) is 2.46. The first-order chi connectivity index (χ1) is 14.8. The summed E-state index contributed by atoms with van der Waals surface area (Å²) in [6.07, 6.45) is 1.49. The first-order valence-electron chi connectivity index (χ1n) is 9.03. The topological polar surface area (TPSA) is 155 Å². The fourth-order valence-corrected chi connectivity index (χ4v) is 2.49. The Hall–Kier alpha value is -4.47. The van der Waals surface area contributed by atoms with Crippen molar-refractivity contribution in [1.82, 2.24) is 4.98 Å². The van der Waals surface area contributed by atoms with Gasteiger partial charge in [-0.05, 0) is 30.3 Å². The fourth-order valence-electron chi connectivity index (χ4n) is 2.49. The Bertz CT molecular complexity index is 1160. The number of pyridine rings is 1. The Morgan fingerprint density at radius 1 is 0.871 bits per heavy atom. The smallest absolute Gasteiger partial charge is 0.332 e. The van der Waals surface area contributed by atoms with Gasteiger partial charge < -0.3 is 25.6 Å². The van der Waals surface area contributed by atoms with Crippen molar-refractivity contribution >= 4 is 23.6 Å². The molecule has 10 nitrogen and oxygen atoms in total. The van der Waals surface area contributed by atoms with Crippen molar-refractivity contribution in [2.24, 2.45) is 21.8 Å². The molecular weight excluding hydrogens is 402 g/mol. The van der Waals surface area contributed by atoms with Gasteiger partial charge in [-0.25, -0.2) is 9.59 Å². The van der Waals surface area contributed by atoms with Crippen LogP contribution in [0.1, 0.15) is 25.0 Å². The predicted octanol–water partition coefficient (Wildman–Crippen LogP) is 2.38. The van der Waals surface area contributed by atoms with Crippen LogP contribution in [0.4, 0.5) is 0 Å². The second-order valence-electron chi connectivity index (χ2n) is 6.30. The number of hydrogen-bond donors (Lipinski definition) is 2. The Labute approximate surface area is 177 Å². The summed E-state index contributed by atoms with van der Waals surface area (Å²) in [5.41, 5.74) is 14.0. The van der Waals surface area contributed by atoms with Crippen LogP contribution in [0.5, 0.6) is 0 Å². The summed E-state index contributed by atoms with van der Waals surface area (Å²) in [5, 5.41) is 7.10. The average molecular weight is 421 g/mol. The van der Waals surface area contributed by atoms with Gasteiger partial charge in [-0.1, -0.05) is 28.5 Å². The van der Waals surface area contributed by atoms with Gasteiger partial charge in [0.25, 0.3) is 0 Å². The minimum absolute atomic E-state index is 0.0270. The van der Waals surface area contributed by atoms with Crippen molar-refractivity contribution < 1.29 is 23.7 Å². The third-order valence-corrected chi connectivity index (χ3v) is 3.91. The number of nitrogens with zero attached hydrogens (tertiary/aromatic N) is 3. The number of oxime groups is 2. The van der Waals surface area contributed by atoms with Crippen LogP contribution in [0.3, 0.4) is 0 Å². The molecule has 2 heterocycles. The molecule has 0 aliphatic carbocycles. The Balaban J connectivity index is 1.80. The summed E-state index contributed by atoms with van der Waals surface area (Å²) < 4.78 is 5.91. The van der Waals surface area contributed by atoms with Crippen molar-refractivity contribution in [3.05, 3.63) is 65.9 Å². The molecule has 10 heteroatoms. The molecule has 31 heavy (non-hydrogen) atoms. The van der Waals surface area contributed by atoms with E-state index in [1.807, 2.05) is 6.07 Å². The van der Waals surface area contributed by atoms with Gasteiger partial charge >= 0.3 is 11.9 Å². The number of furan rings is 1. The van der Waals surface area contributed by atoms with E-state index in [1.165, 1.54) is 20.0 Å². The van der Waals surface area contributed by atoms with E-state index in [-0.39, 0.29) is 11.7 Å². The third kappa shape index (κ3) is 5.54. The summed E-state index contributed by atoms with van der Waals surface area (Å²) >= 11 is 0. The molecule has 3 rings (SSSR count). The van der Waals surface area contributed by atoms with E-state index in [9.17, 15) is 9.59 Å². The molecule has 158 valence electrons. The molecule has 0 aliphatic heterocycles. The van der Waals surface area contributed by atoms with Gasteiger partial charge in [0, 0.05) is 36.7 Å². The maximum atomic E-state index is 10.9. The third-order valence-electron chi connectivity index (χ3n) is 3.91. The van der Waals surface area contributed by atoms with Crippen molar-refractivity contribution in [2.75, 3.05) is 0 Å². The summed E-state index contributed by atoms with van der Waals surface area (Å²) in [4.78, 5) is 35.1. The Morgan fingerprint density at radius 3 is 2.13 bits per heavy atom. The first kappa shape index (κ1) is 21.2. The zero-order valence-corrected chi connectivity index (χ0v) is 16.7. The normalized spacial score (nSPS) is 11.8. The van der Waals surface area contributed by atoms with E-state index in [4.69, 9.17) is 15.9 Å². The molecule has 0 aliphatic rings. The number of carbonyl (C=O) groups excluding carboxylic acids is 2. The quantitative estimate of drug-likeness (QED) is 0.266. The first-order valence-corrected chi connectivity index (χ1v) is 9.03. The maximum absolute atomic E-state index is 10.9. The fraction of sp³-hybridized carbons (Fsp3) is 0.0952. The number of aromatic nitrogens is 1. The van der Waals surface area contributed by atoms with Crippen LogP contribution in [0.2, 0.25) is 0 Å². The van der Waals surface area contributed by atoms with Gasteiger partial charge in [0.2, 0.25) is 0 Å². The van der Waals surface area contributed by atoms with Gasteiger partial charge in [-0.15, -0.1) is 0 Å². The van der Waals surface area contributed by atoms with Crippen LogP contribution >= 0.6 is 0 Å². The van der Waals surface area contributed by atoms with Crippen LogP contribution in [0.15, 0.2) is 69.5 Å². The highest BCUT2D eigenvalue weighted by Crippen LogP contribution is 2.28. The second kappa shape index (κ2) is 9.35. The highest BCUT2D eigenvalue weighted by molar-refractivity contribution is 5.98. The van der Waals surface area contributed by atoms with Gasteiger partial charge in [0.15, 0.2) is 17.4 Å². The van der Waals surface area contributed by atoms with E-state index in [0.29, 0.717) is 28.3 Å². The molecule has 1 aromatic carbocycles. The van der Waals surface area contributed by atoms with E-state index >= 15 is 0 Å². The standard InChI is InChI=1S/C21H19N5O5/c1-12(27)30-25-20(22)15-5-3-4-14(10-15)18-8-9-19(29-18)17-7-6-16(11-24-17)21(23)26-31-13(2)28/h3-11H,1-2H3,(H2,22,25)(H2,23,26). The number of amidine groups is 2. The van der Waals surface area contributed by atoms with Gasteiger partial charge in [0.1, 0.15) is 11.5 Å². The molecule has 0 spiro atoms. The van der Waals surface area contributed by atoms with Crippen LogP contribution in [0.25, 0.3) is 22.8 Å². The number of rotatable bonds is 6. The molecular formula is C21H19N5O5. The monoisotopic (exact) mass is 421 g/mol. The lowest BCUT2D eigenvalue weighted by atomic mass is 10.1. The molecule has 0 atom stereocenters. The molecule has 0 bridgehead atoms. The van der Waals surface area contributed by atoms with Crippen LogP contribution < -0.4 is 11.5 Å². The Kier molecular flexibility index (Phi) is 6.41. The van der Waals surface area contributed by atoms with Crippen LogP contribution in [0, 0.1) is 0 Å². The summed E-state index contributed by atoms with van der Waals surface area (Å²) in [5.74, 6) is 0.0723. The zero-order valence-electron chi connectivity index (χ0n) is 16.7. The molecule has 3 aromatic rings. The highest BCUT2D eigenvalue weighted by Gasteiger charge is 2.11.